The van der Waals surface area contributed by atoms with E-state index in [-0.39, 0.29) is 5.57 Å². The molecule has 0 spiro atoms. The predicted octanol–water partition coefficient (Wildman–Crippen LogP) is 2.54. The van der Waals surface area contributed by atoms with Gasteiger partial charge in [-0.25, -0.2) is 0 Å². The topological polar surface area (TPSA) is 80.6 Å². The summed E-state index contributed by atoms with van der Waals surface area (Å²) >= 11 is 0. The number of amides is 1. The van der Waals surface area contributed by atoms with Crippen LogP contribution in [0.15, 0.2) is 23.8 Å². The van der Waals surface area contributed by atoms with Crippen LogP contribution in [0.5, 0.6) is 11.5 Å². The van der Waals surface area contributed by atoms with Gasteiger partial charge in [-0.1, -0.05) is 19.4 Å². The quantitative estimate of drug-likeness (QED) is 0.404. The summed E-state index contributed by atoms with van der Waals surface area (Å²) in [5, 5.41) is 11.8. The van der Waals surface area contributed by atoms with Crippen LogP contribution in [-0.4, -0.2) is 39.9 Å². The molecule has 0 aliphatic rings. The number of nitrogens with zero attached hydrogens (tertiary/aromatic N) is 1. The third kappa shape index (κ3) is 6.31. The van der Waals surface area contributed by atoms with E-state index >= 15 is 0 Å². The van der Waals surface area contributed by atoms with Gasteiger partial charge in [0.15, 0.2) is 11.5 Å². The lowest BCUT2D eigenvalue weighted by molar-refractivity contribution is -0.117. The van der Waals surface area contributed by atoms with E-state index in [0.29, 0.717) is 36.8 Å². The predicted molar refractivity (Wildman–Crippen MR) is 91.9 cm³/mol. The lowest BCUT2D eigenvalue weighted by Gasteiger charge is -2.11. The van der Waals surface area contributed by atoms with E-state index in [9.17, 15) is 10.1 Å². The fourth-order valence-corrected chi connectivity index (χ4v) is 1.90. The Hall–Kier alpha value is -2.52. The van der Waals surface area contributed by atoms with Crippen molar-refractivity contribution in [2.45, 2.75) is 19.8 Å². The molecule has 0 saturated carbocycles. The van der Waals surface area contributed by atoms with Gasteiger partial charge in [0, 0.05) is 13.7 Å². The molecule has 0 aliphatic heterocycles. The SMILES string of the molecule is CCCCOc1ccc(/C=C(\C#N)C(=O)NCCOC)cc1OC. The second-order valence-corrected chi connectivity index (χ2v) is 5.03. The molecule has 130 valence electrons. The van der Waals surface area contributed by atoms with Crippen molar-refractivity contribution >= 4 is 12.0 Å². The Balaban J connectivity index is 2.87. The smallest absolute Gasteiger partial charge is 0.262 e. The van der Waals surface area contributed by atoms with Crippen molar-refractivity contribution in [3.63, 3.8) is 0 Å². The van der Waals surface area contributed by atoms with Crippen molar-refractivity contribution < 1.29 is 19.0 Å². The first kappa shape index (κ1) is 19.5. The molecule has 24 heavy (non-hydrogen) atoms. The lowest BCUT2D eigenvalue weighted by Crippen LogP contribution is -2.27. The fourth-order valence-electron chi connectivity index (χ4n) is 1.90. The second kappa shape index (κ2) is 11.1. The average molecular weight is 332 g/mol. The third-order valence-electron chi connectivity index (χ3n) is 3.21. The van der Waals surface area contributed by atoms with Crippen LogP contribution in [0.25, 0.3) is 6.08 Å². The highest BCUT2D eigenvalue weighted by atomic mass is 16.5. The summed E-state index contributed by atoms with van der Waals surface area (Å²) in [6, 6.07) is 7.20. The number of carbonyl (C=O) groups is 1. The highest BCUT2D eigenvalue weighted by Gasteiger charge is 2.10. The molecule has 0 aromatic heterocycles. The lowest BCUT2D eigenvalue weighted by atomic mass is 10.1. The molecule has 1 rings (SSSR count). The minimum absolute atomic E-state index is 0.0211. The van der Waals surface area contributed by atoms with E-state index in [0.717, 1.165) is 12.8 Å². The molecule has 0 aliphatic carbocycles. The maximum Gasteiger partial charge on any atom is 0.262 e. The minimum Gasteiger partial charge on any atom is -0.493 e. The number of rotatable bonds is 10. The number of methoxy groups -OCH3 is 2. The van der Waals surface area contributed by atoms with Gasteiger partial charge in [-0.05, 0) is 30.2 Å². The summed E-state index contributed by atoms with van der Waals surface area (Å²) in [5.41, 5.74) is 0.709. The molecule has 0 saturated heterocycles. The number of ether oxygens (including phenoxy) is 3. The minimum atomic E-state index is -0.434. The molecule has 0 fully saturated rings. The van der Waals surface area contributed by atoms with Crippen LogP contribution in [0.3, 0.4) is 0 Å². The average Bonchev–Trinajstić information content (AvgIpc) is 2.60. The molecule has 0 unspecified atom stereocenters. The summed E-state index contributed by atoms with van der Waals surface area (Å²) in [4.78, 5) is 11.9. The van der Waals surface area contributed by atoms with E-state index in [1.165, 1.54) is 6.08 Å². The van der Waals surface area contributed by atoms with E-state index in [2.05, 4.69) is 12.2 Å². The number of nitrogens with one attached hydrogen (secondary N) is 1. The zero-order valence-electron chi connectivity index (χ0n) is 14.4. The maximum atomic E-state index is 11.9. The molecule has 0 radical (unpaired) electrons. The molecule has 0 bridgehead atoms. The van der Waals surface area contributed by atoms with Crippen LogP contribution in [0.4, 0.5) is 0 Å². The second-order valence-electron chi connectivity index (χ2n) is 5.03. The van der Waals surface area contributed by atoms with Gasteiger partial charge in [0.2, 0.25) is 0 Å². The van der Waals surface area contributed by atoms with Gasteiger partial charge in [0.05, 0.1) is 20.3 Å². The number of unbranched alkanes of at least 4 members (excludes halogenated alkanes) is 1. The van der Waals surface area contributed by atoms with Gasteiger partial charge in [0.1, 0.15) is 11.6 Å². The third-order valence-corrected chi connectivity index (χ3v) is 3.21. The van der Waals surface area contributed by atoms with E-state index in [4.69, 9.17) is 14.2 Å². The highest BCUT2D eigenvalue weighted by molar-refractivity contribution is 6.01. The number of hydrogen-bond acceptors (Lipinski definition) is 5. The summed E-state index contributed by atoms with van der Waals surface area (Å²) in [7, 11) is 3.10. The number of benzene rings is 1. The van der Waals surface area contributed by atoms with Crippen molar-refractivity contribution in [1.82, 2.24) is 5.32 Å². The van der Waals surface area contributed by atoms with Crippen molar-refractivity contribution in [2.75, 3.05) is 34.0 Å². The molecule has 6 nitrogen and oxygen atoms in total. The summed E-state index contributed by atoms with van der Waals surface area (Å²) in [6.45, 7) is 3.45. The largest absolute Gasteiger partial charge is 0.493 e. The molecule has 0 heterocycles. The first-order valence-corrected chi connectivity index (χ1v) is 7.86. The van der Waals surface area contributed by atoms with Gasteiger partial charge in [0.25, 0.3) is 5.91 Å². The first-order valence-electron chi connectivity index (χ1n) is 7.86. The van der Waals surface area contributed by atoms with E-state index < -0.39 is 5.91 Å². The summed E-state index contributed by atoms with van der Waals surface area (Å²) in [5.74, 6) is 0.778. The normalized spacial score (nSPS) is 10.8. The van der Waals surface area contributed by atoms with Gasteiger partial charge in [-0.15, -0.1) is 0 Å². The Bertz CT molecular complexity index is 606. The van der Waals surface area contributed by atoms with Crippen molar-refractivity contribution in [3.05, 3.63) is 29.3 Å². The maximum absolute atomic E-state index is 11.9. The highest BCUT2D eigenvalue weighted by Crippen LogP contribution is 2.29. The molecular formula is C18H24N2O4. The number of carbonyl (C=O) groups excluding carboxylic acids is 1. The molecule has 1 aromatic carbocycles. The van der Waals surface area contributed by atoms with Crippen LogP contribution in [0.1, 0.15) is 25.3 Å². The van der Waals surface area contributed by atoms with Gasteiger partial charge in [-0.2, -0.15) is 5.26 Å². The van der Waals surface area contributed by atoms with Crippen LogP contribution >= 0.6 is 0 Å². The van der Waals surface area contributed by atoms with Crippen LogP contribution in [-0.2, 0) is 9.53 Å². The van der Waals surface area contributed by atoms with Gasteiger partial charge >= 0.3 is 0 Å². The Kier molecular flexibility index (Phi) is 9.02. The summed E-state index contributed by atoms with van der Waals surface area (Å²) < 4.78 is 15.8. The Labute approximate surface area is 143 Å². The van der Waals surface area contributed by atoms with Crippen molar-refractivity contribution in [1.29, 1.82) is 5.26 Å². The summed E-state index contributed by atoms with van der Waals surface area (Å²) in [6.07, 6.45) is 3.53. The Morgan fingerprint density at radius 2 is 2.08 bits per heavy atom. The molecule has 1 amide bonds. The molecule has 1 aromatic rings. The van der Waals surface area contributed by atoms with Crippen LogP contribution in [0.2, 0.25) is 0 Å². The first-order chi connectivity index (χ1) is 11.7. The fraction of sp³-hybridized carbons (Fsp3) is 0.444. The van der Waals surface area contributed by atoms with Gasteiger partial charge in [-0.3, -0.25) is 4.79 Å². The monoisotopic (exact) mass is 332 g/mol. The van der Waals surface area contributed by atoms with Crippen molar-refractivity contribution in [3.8, 4) is 17.6 Å². The molecule has 6 heteroatoms. The Morgan fingerprint density at radius 1 is 1.29 bits per heavy atom. The zero-order valence-corrected chi connectivity index (χ0v) is 14.4. The van der Waals surface area contributed by atoms with Gasteiger partial charge < -0.3 is 19.5 Å². The van der Waals surface area contributed by atoms with E-state index in [1.807, 2.05) is 6.07 Å². The van der Waals surface area contributed by atoms with Crippen LogP contribution in [0, 0.1) is 11.3 Å². The van der Waals surface area contributed by atoms with Crippen molar-refractivity contribution in [2.24, 2.45) is 0 Å². The zero-order chi connectivity index (χ0) is 17.8. The molecule has 1 N–H and O–H groups in total. The molecular weight excluding hydrogens is 308 g/mol. The molecule has 0 atom stereocenters. The van der Waals surface area contributed by atoms with Crippen LogP contribution < -0.4 is 14.8 Å². The standard InChI is InChI=1S/C18H24N2O4/c1-4-5-9-24-16-7-6-14(12-17(16)23-3)11-15(13-19)18(21)20-8-10-22-2/h6-7,11-12H,4-5,8-10H2,1-3H3,(H,20,21)/b15-11+. The van der Waals surface area contributed by atoms with E-state index in [1.54, 1.807) is 32.4 Å². The number of hydrogen-bond donors (Lipinski definition) is 1. The Morgan fingerprint density at radius 3 is 2.71 bits per heavy atom. The number of nitriles is 1.